The summed E-state index contributed by atoms with van der Waals surface area (Å²) in [6.45, 7) is 2.35. The van der Waals surface area contributed by atoms with Gasteiger partial charge in [-0.1, -0.05) is 0 Å². The van der Waals surface area contributed by atoms with Gasteiger partial charge in [0, 0.05) is 11.6 Å². The van der Waals surface area contributed by atoms with Crippen LogP contribution in [0.1, 0.15) is 17.3 Å². The summed E-state index contributed by atoms with van der Waals surface area (Å²) in [4.78, 5) is 37.0. The predicted octanol–water partition coefficient (Wildman–Crippen LogP) is 1.12. The molecule has 3 atom stereocenters. The van der Waals surface area contributed by atoms with Crippen LogP contribution in [0.3, 0.4) is 0 Å². The third-order valence-corrected chi connectivity index (χ3v) is 5.58. The Morgan fingerprint density at radius 2 is 1.91 bits per heavy atom. The van der Waals surface area contributed by atoms with Crippen LogP contribution in [0.2, 0.25) is 0 Å². The summed E-state index contributed by atoms with van der Waals surface area (Å²) < 4.78 is 31.9. The second kappa shape index (κ2) is 11.1. The Balaban J connectivity index is 1.49. The Hall–Kier alpha value is -3.22. The second-order valence-corrected chi connectivity index (χ2v) is 8.07. The average Bonchev–Trinajstić information content (AvgIpc) is 2.77. The fourth-order valence-corrected chi connectivity index (χ4v) is 3.81. The number of benzene rings is 2. The average molecular weight is 480 g/mol. The van der Waals surface area contributed by atoms with E-state index in [0.29, 0.717) is 24.0 Å². The van der Waals surface area contributed by atoms with E-state index in [1.54, 1.807) is 24.3 Å². The van der Waals surface area contributed by atoms with Crippen molar-refractivity contribution in [2.24, 2.45) is 5.73 Å². The molecule has 9 nitrogen and oxygen atoms in total. The maximum Gasteiger partial charge on any atom is 0.252 e. The molecule has 2 aromatic rings. The van der Waals surface area contributed by atoms with E-state index < -0.39 is 47.1 Å². The quantitative estimate of drug-likeness (QED) is 0.383. The minimum Gasteiger partial charge on any atom is -0.494 e. The predicted molar refractivity (Wildman–Crippen MR) is 119 cm³/mol. The molecule has 33 heavy (non-hydrogen) atoms. The summed E-state index contributed by atoms with van der Waals surface area (Å²) in [5.74, 6) is -2.75. The van der Waals surface area contributed by atoms with Gasteiger partial charge in [0.05, 0.1) is 24.2 Å². The van der Waals surface area contributed by atoms with Gasteiger partial charge in [0.1, 0.15) is 28.9 Å². The molecule has 0 saturated carbocycles. The van der Waals surface area contributed by atoms with Gasteiger partial charge in [0.15, 0.2) is 0 Å². The zero-order valence-corrected chi connectivity index (χ0v) is 18.4. The first kappa shape index (κ1) is 24.4. The summed E-state index contributed by atoms with van der Waals surface area (Å²) >= 11 is 1.01. The molecule has 3 unspecified atom stereocenters. The third kappa shape index (κ3) is 6.63. The van der Waals surface area contributed by atoms with Crippen LogP contribution in [-0.4, -0.2) is 47.8 Å². The van der Waals surface area contributed by atoms with Gasteiger partial charge in [-0.2, -0.15) is 0 Å². The van der Waals surface area contributed by atoms with Crippen LogP contribution in [0.5, 0.6) is 5.75 Å². The van der Waals surface area contributed by atoms with Crippen LogP contribution in [-0.2, 0) is 9.59 Å². The molecule has 0 radical (unpaired) electrons. The first-order valence-electron chi connectivity index (χ1n) is 9.99. The highest BCUT2D eigenvalue weighted by molar-refractivity contribution is 8.00. The molecule has 1 fully saturated rings. The van der Waals surface area contributed by atoms with Gasteiger partial charge in [-0.05, 0) is 43.3 Å². The number of nitrogens with one attached hydrogen (secondary N) is 4. The van der Waals surface area contributed by atoms with Crippen molar-refractivity contribution in [1.29, 1.82) is 0 Å². The van der Waals surface area contributed by atoms with Gasteiger partial charge in [-0.3, -0.25) is 19.7 Å². The zero-order valence-electron chi connectivity index (χ0n) is 17.6. The number of carbonyl (C=O) groups excluding carboxylic acids is 3. The van der Waals surface area contributed by atoms with Gasteiger partial charge in [-0.15, -0.1) is 11.8 Å². The first-order valence-corrected chi connectivity index (χ1v) is 11.0. The smallest absolute Gasteiger partial charge is 0.252 e. The summed E-state index contributed by atoms with van der Waals surface area (Å²) in [7, 11) is 0. The van der Waals surface area contributed by atoms with Crippen LogP contribution in [0.4, 0.5) is 14.5 Å². The highest BCUT2D eigenvalue weighted by Crippen LogP contribution is 2.17. The van der Waals surface area contributed by atoms with Gasteiger partial charge in [0.25, 0.3) is 5.91 Å². The van der Waals surface area contributed by atoms with Crippen molar-refractivity contribution in [1.82, 2.24) is 16.0 Å². The summed E-state index contributed by atoms with van der Waals surface area (Å²) in [6.07, 6.45) is -0.916. The van der Waals surface area contributed by atoms with Crippen LogP contribution >= 0.6 is 11.8 Å². The molecule has 0 aromatic heterocycles. The normalized spacial score (nSPS) is 20.0. The molecule has 2 aromatic carbocycles. The van der Waals surface area contributed by atoms with E-state index in [4.69, 9.17) is 10.5 Å². The molecule has 0 spiro atoms. The number of nitrogens with two attached hydrogens (primary N) is 1. The Morgan fingerprint density at radius 1 is 1.18 bits per heavy atom. The SMILES string of the molecule is CCOc1ccc(C(=O)NC2C(=O)NC(SCC(=O)Nc3ccc(F)cc3F)NC2N)cc1. The number of thioether (sulfide) groups is 1. The topological polar surface area (TPSA) is 135 Å². The first-order chi connectivity index (χ1) is 15.8. The van der Waals surface area contributed by atoms with Crippen LogP contribution in [0, 0.1) is 11.6 Å². The lowest BCUT2D eigenvalue weighted by atomic mass is 10.1. The number of amides is 3. The van der Waals surface area contributed by atoms with Crippen molar-refractivity contribution in [2.45, 2.75) is 24.6 Å². The highest BCUT2D eigenvalue weighted by Gasteiger charge is 2.35. The number of hydrogen-bond acceptors (Lipinski definition) is 7. The van der Waals surface area contributed by atoms with E-state index in [1.807, 2.05) is 6.92 Å². The van der Waals surface area contributed by atoms with Crippen molar-refractivity contribution in [3.8, 4) is 5.75 Å². The van der Waals surface area contributed by atoms with Crippen molar-refractivity contribution >= 4 is 35.2 Å². The maximum absolute atomic E-state index is 13.6. The summed E-state index contributed by atoms with van der Waals surface area (Å²) in [5, 5.41) is 10.4. The van der Waals surface area contributed by atoms with E-state index in [-0.39, 0.29) is 11.4 Å². The molecular weight excluding hydrogens is 456 g/mol. The standard InChI is InChI=1S/C21H23F2N5O4S/c1-2-32-13-6-3-11(4-7-13)19(30)26-17-18(24)27-21(28-20(17)31)33-10-16(29)25-15-8-5-12(22)9-14(15)23/h3-9,17-18,21,27H,2,10,24H2,1H3,(H,25,29)(H,26,30)(H,28,31). The van der Waals surface area contributed by atoms with Crippen molar-refractivity contribution in [2.75, 3.05) is 17.7 Å². The lowest BCUT2D eigenvalue weighted by molar-refractivity contribution is -0.125. The molecule has 3 rings (SSSR count). The Bertz CT molecular complexity index is 1020. The molecule has 12 heteroatoms. The van der Waals surface area contributed by atoms with Gasteiger partial charge < -0.3 is 26.4 Å². The molecular formula is C21H23F2N5O4S. The fourth-order valence-electron chi connectivity index (χ4n) is 2.97. The van der Waals surface area contributed by atoms with E-state index in [9.17, 15) is 23.2 Å². The van der Waals surface area contributed by atoms with E-state index in [2.05, 4.69) is 21.3 Å². The van der Waals surface area contributed by atoms with E-state index >= 15 is 0 Å². The van der Waals surface area contributed by atoms with Crippen molar-refractivity contribution in [3.05, 3.63) is 59.7 Å². The number of anilines is 1. The molecule has 1 aliphatic rings. The maximum atomic E-state index is 13.6. The van der Waals surface area contributed by atoms with Crippen LogP contribution in [0.25, 0.3) is 0 Å². The molecule has 1 heterocycles. The molecule has 0 aliphatic carbocycles. The van der Waals surface area contributed by atoms with Gasteiger partial charge in [-0.25, -0.2) is 8.78 Å². The second-order valence-electron chi connectivity index (χ2n) is 6.97. The molecule has 176 valence electrons. The monoisotopic (exact) mass is 479 g/mol. The van der Waals surface area contributed by atoms with Crippen LogP contribution < -0.4 is 31.7 Å². The number of halogens is 2. The molecule has 1 aliphatic heterocycles. The Kier molecular flexibility index (Phi) is 8.20. The highest BCUT2D eigenvalue weighted by atomic mass is 32.2. The van der Waals surface area contributed by atoms with Gasteiger partial charge in [0.2, 0.25) is 11.8 Å². The lowest BCUT2D eigenvalue weighted by Gasteiger charge is -2.35. The molecule has 1 saturated heterocycles. The summed E-state index contributed by atoms with van der Waals surface area (Å²) in [6, 6.07) is 8.19. The number of ether oxygens (including phenoxy) is 1. The summed E-state index contributed by atoms with van der Waals surface area (Å²) in [5.41, 5.74) is 5.47. The number of hydrogen-bond donors (Lipinski definition) is 5. The minimum atomic E-state index is -1.04. The number of rotatable bonds is 8. The van der Waals surface area contributed by atoms with Gasteiger partial charge >= 0.3 is 0 Å². The zero-order chi connectivity index (χ0) is 24.0. The van der Waals surface area contributed by atoms with E-state index in [1.165, 1.54) is 0 Å². The molecule has 0 bridgehead atoms. The lowest BCUT2D eigenvalue weighted by Crippen LogP contribution is -2.70. The fraction of sp³-hybridized carbons (Fsp3) is 0.286. The van der Waals surface area contributed by atoms with Crippen molar-refractivity contribution < 1.29 is 27.9 Å². The third-order valence-electron chi connectivity index (χ3n) is 4.56. The van der Waals surface area contributed by atoms with Crippen LogP contribution in [0.15, 0.2) is 42.5 Å². The largest absolute Gasteiger partial charge is 0.494 e. The Morgan fingerprint density at radius 3 is 2.55 bits per heavy atom. The Labute approximate surface area is 192 Å². The van der Waals surface area contributed by atoms with Crippen molar-refractivity contribution in [3.63, 3.8) is 0 Å². The van der Waals surface area contributed by atoms with E-state index in [0.717, 1.165) is 23.9 Å². The number of carbonyl (C=O) groups is 3. The molecule has 6 N–H and O–H groups in total. The minimum absolute atomic E-state index is 0.148. The molecule has 3 amide bonds.